The minimum Gasteiger partial charge on any atom is -0.292 e. The number of benzene rings is 1. The van der Waals surface area contributed by atoms with Crippen LogP contribution >= 0.6 is 0 Å². The molecule has 1 aromatic rings. The van der Waals surface area contributed by atoms with E-state index in [0.29, 0.717) is 18.4 Å². The summed E-state index contributed by atoms with van der Waals surface area (Å²) in [5, 5.41) is 9.16. The van der Waals surface area contributed by atoms with E-state index in [4.69, 9.17) is 5.26 Å². The normalized spacial score (nSPS) is 18.0. The summed E-state index contributed by atoms with van der Waals surface area (Å²) in [6, 6.07) is 7.57. The Morgan fingerprint density at radius 3 is 2.31 bits per heavy atom. The Bertz CT molecular complexity index is 438. The summed E-state index contributed by atoms with van der Waals surface area (Å²) < 4.78 is 12.7. The second-order valence-electron chi connectivity index (χ2n) is 4.24. The molecule has 0 saturated heterocycles. The van der Waals surface area contributed by atoms with E-state index in [0.717, 1.165) is 12.8 Å². The Kier molecular flexibility index (Phi) is 2.74. The van der Waals surface area contributed by atoms with Gasteiger partial charge in [-0.15, -0.1) is 0 Å². The van der Waals surface area contributed by atoms with Crippen LogP contribution in [0, 0.1) is 22.6 Å². The highest BCUT2D eigenvalue weighted by Crippen LogP contribution is 2.40. The third-order valence-electron chi connectivity index (χ3n) is 3.21. The maximum atomic E-state index is 12.7. The van der Waals surface area contributed by atoms with Gasteiger partial charge in [-0.3, -0.25) is 4.79 Å². The van der Waals surface area contributed by atoms with Crippen molar-refractivity contribution in [2.45, 2.75) is 25.7 Å². The maximum Gasteiger partial charge on any atom is 0.183 e. The number of halogens is 1. The van der Waals surface area contributed by atoms with Gasteiger partial charge in [0.05, 0.1) is 6.07 Å². The van der Waals surface area contributed by atoms with Crippen molar-refractivity contribution in [3.8, 4) is 6.07 Å². The fourth-order valence-electron chi connectivity index (χ4n) is 2.25. The monoisotopic (exact) mass is 217 g/mol. The molecule has 0 N–H and O–H groups in total. The van der Waals surface area contributed by atoms with Crippen molar-refractivity contribution in [2.75, 3.05) is 0 Å². The van der Waals surface area contributed by atoms with E-state index < -0.39 is 5.41 Å². The van der Waals surface area contributed by atoms with Crippen LogP contribution in [0.15, 0.2) is 24.3 Å². The van der Waals surface area contributed by atoms with Crippen molar-refractivity contribution in [1.29, 1.82) is 5.26 Å². The molecule has 0 spiro atoms. The lowest BCUT2D eigenvalue weighted by atomic mass is 9.80. The number of Topliss-reactive ketones (excluding diaryl/α,β-unsaturated/α-hetero) is 1. The number of rotatable bonds is 2. The lowest BCUT2D eigenvalue weighted by molar-refractivity contribution is 0.0865. The topological polar surface area (TPSA) is 40.9 Å². The molecule has 2 rings (SSSR count). The molecule has 16 heavy (non-hydrogen) atoms. The fourth-order valence-corrected chi connectivity index (χ4v) is 2.25. The third-order valence-corrected chi connectivity index (χ3v) is 3.21. The van der Waals surface area contributed by atoms with Crippen LogP contribution in [0.3, 0.4) is 0 Å². The first-order chi connectivity index (χ1) is 7.68. The Morgan fingerprint density at radius 2 is 1.81 bits per heavy atom. The van der Waals surface area contributed by atoms with Crippen molar-refractivity contribution in [3.05, 3.63) is 35.6 Å². The standard InChI is InChI=1S/C13H12FNO/c14-11-5-3-10(4-6-11)12(16)13(9-15)7-1-2-8-13/h3-6H,1-2,7-8H2. The molecule has 0 bridgehead atoms. The maximum absolute atomic E-state index is 12.7. The zero-order chi connectivity index (χ0) is 11.6. The molecule has 82 valence electrons. The Hall–Kier alpha value is -1.69. The van der Waals surface area contributed by atoms with Gasteiger partial charge >= 0.3 is 0 Å². The molecule has 0 heterocycles. The first-order valence-corrected chi connectivity index (χ1v) is 5.40. The van der Waals surface area contributed by atoms with Crippen LogP contribution in [0.1, 0.15) is 36.0 Å². The highest BCUT2D eigenvalue weighted by Gasteiger charge is 2.41. The number of nitriles is 1. The number of carbonyl (C=O) groups is 1. The van der Waals surface area contributed by atoms with Gasteiger partial charge in [0.1, 0.15) is 11.2 Å². The molecule has 0 amide bonds. The Labute approximate surface area is 93.7 Å². The largest absolute Gasteiger partial charge is 0.292 e. The Balaban J connectivity index is 2.31. The zero-order valence-corrected chi connectivity index (χ0v) is 8.87. The summed E-state index contributed by atoms with van der Waals surface area (Å²) in [4.78, 5) is 12.2. The van der Waals surface area contributed by atoms with Crippen LogP contribution in [0.25, 0.3) is 0 Å². The van der Waals surface area contributed by atoms with Crippen LogP contribution in [0.4, 0.5) is 4.39 Å². The molecule has 1 aliphatic rings. The Morgan fingerprint density at radius 1 is 1.25 bits per heavy atom. The summed E-state index contributed by atoms with van der Waals surface area (Å²) in [7, 11) is 0. The summed E-state index contributed by atoms with van der Waals surface area (Å²) in [6.45, 7) is 0. The van der Waals surface area contributed by atoms with Crippen molar-refractivity contribution >= 4 is 5.78 Å². The molecule has 3 heteroatoms. The zero-order valence-electron chi connectivity index (χ0n) is 8.87. The van der Waals surface area contributed by atoms with Gasteiger partial charge in [-0.2, -0.15) is 5.26 Å². The highest BCUT2D eigenvalue weighted by molar-refractivity contribution is 6.02. The van der Waals surface area contributed by atoms with Crippen molar-refractivity contribution in [1.82, 2.24) is 0 Å². The molecule has 0 radical (unpaired) electrons. The molecule has 0 aliphatic heterocycles. The summed E-state index contributed by atoms with van der Waals surface area (Å²) in [5.74, 6) is -0.526. The molecule has 0 aromatic heterocycles. The first-order valence-electron chi connectivity index (χ1n) is 5.40. The van der Waals surface area contributed by atoms with Gasteiger partial charge in [0.15, 0.2) is 5.78 Å². The molecular weight excluding hydrogens is 205 g/mol. The van der Waals surface area contributed by atoms with E-state index >= 15 is 0 Å². The van der Waals surface area contributed by atoms with Crippen molar-refractivity contribution in [3.63, 3.8) is 0 Å². The van der Waals surface area contributed by atoms with Crippen LogP contribution < -0.4 is 0 Å². The van der Waals surface area contributed by atoms with Crippen LogP contribution in [0.2, 0.25) is 0 Å². The molecule has 1 aromatic carbocycles. The van der Waals surface area contributed by atoms with Crippen LogP contribution in [-0.2, 0) is 0 Å². The number of hydrogen-bond donors (Lipinski definition) is 0. The first kappa shape index (κ1) is 10.8. The second-order valence-corrected chi connectivity index (χ2v) is 4.24. The molecule has 0 unspecified atom stereocenters. The van der Waals surface area contributed by atoms with Gasteiger partial charge in [-0.1, -0.05) is 12.8 Å². The SMILES string of the molecule is N#CC1(C(=O)c2ccc(F)cc2)CCCC1. The lowest BCUT2D eigenvalue weighted by Crippen LogP contribution is -2.26. The van der Waals surface area contributed by atoms with E-state index in [2.05, 4.69) is 6.07 Å². The van der Waals surface area contributed by atoms with Crippen LogP contribution in [-0.4, -0.2) is 5.78 Å². The average Bonchev–Trinajstić information content (AvgIpc) is 2.79. The predicted molar refractivity (Wildman–Crippen MR) is 57.2 cm³/mol. The van der Waals surface area contributed by atoms with Gasteiger partial charge < -0.3 is 0 Å². The molecular formula is C13H12FNO. The van der Waals surface area contributed by atoms with E-state index in [-0.39, 0.29) is 11.6 Å². The van der Waals surface area contributed by atoms with Gasteiger partial charge in [0.25, 0.3) is 0 Å². The molecule has 2 nitrogen and oxygen atoms in total. The van der Waals surface area contributed by atoms with Gasteiger partial charge in [-0.25, -0.2) is 4.39 Å². The van der Waals surface area contributed by atoms with E-state index in [1.165, 1.54) is 24.3 Å². The molecule has 0 atom stereocenters. The number of ketones is 1. The summed E-state index contributed by atoms with van der Waals surface area (Å²) in [5.41, 5.74) is -0.428. The molecule has 1 aliphatic carbocycles. The van der Waals surface area contributed by atoms with Gasteiger partial charge in [0, 0.05) is 5.56 Å². The van der Waals surface area contributed by atoms with Gasteiger partial charge in [-0.05, 0) is 37.1 Å². The van der Waals surface area contributed by atoms with Crippen LogP contribution in [0.5, 0.6) is 0 Å². The summed E-state index contributed by atoms with van der Waals surface area (Å²) in [6.07, 6.45) is 3.08. The average molecular weight is 217 g/mol. The number of nitrogens with zero attached hydrogens (tertiary/aromatic N) is 1. The van der Waals surface area contributed by atoms with Crippen molar-refractivity contribution in [2.24, 2.45) is 5.41 Å². The minimum atomic E-state index is -0.863. The second kappa shape index (κ2) is 4.05. The lowest BCUT2D eigenvalue weighted by Gasteiger charge is -2.18. The van der Waals surface area contributed by atoms with E-state index in [1.807, 2.05) is 0 Å². The van der Waals surface area contributed by atoms with Crippen molar-refractivity contribution < 1.29 is 9.18 Å². The molecule has 1 fully saturated rings. The van der Waals surface area contributed by atoms with Gasteiger partial charge in [0.2, 0.25) is 0 Å². The smallest absolute Gasteiger partial charge is 0.183 e. The molecule has 1 saturated carbocycles. The third kappa shape index (κ3) is 1.71. The predicted octanol–water partition coefficient (Wildman–Crippen LogP) is 3.09. The fraction of sp³-hybridized carbons (Fsp3) is 0.385. The number of carbonyl (C=O) groups excluding carboxylic acids is 1. The quantitative estimate of drug-likeness (QED) is 0.714. The van der Waals surface area contributed by atoms with E-state index in [9.17, 15) is 9.18 Å². The van der Waals surface area contributed by atoms with E-state index in [1.54, 1.807) is 0 Å². The summed E-state index contributed by atoms with van der Waals surface area (Å²) >= 11 is 0. The highest BCUT2D eigenvalue weighted by atomic mass is 19.1. The number of hydrogen-bond acceptors (Lipinski definition) is 2. The minimum absolute atomic E-state index is 0.160.